The summed E-state index contributed by atoms with van der Waals surface area (Å²) in [7, 11) is 0. The van der Waals surface area contributed by atoms with Crippen LogP contribution < -0.4 is 4.74 Å². The van der Waals surface area contributed by atoms with Crippen LogP contribution in [0.4, 0.5) is 5.82 Å². The van der Waals surface area contributed by atoms with Gasteiger partial charge in [0, 0.05) is 9.88 Å². The minimum Gasteiger partial charge on any atom is -0.443 e. The molecule has 0 saturated heterocycles. The summed E-state index contributed by atoms with van der Waals surface area (Å²) in [6.45, 7) is 1.26. The quantitative estimate of drug-likeness (QED) is 0.353. The monoisotopic (exact) mass is 397 g/mol. The lowest BCUT2D eigenvalue weighted by atomic mass is 10.0. The number of rotatable bonds is 6. The molecule has 28 heavy (non-hydrogen) atoms. The molecule has 1 aliphatic rings. The summed E-state index contributed by atoms with van der Waals surface area (Å²) in [4.78, 5) is 15.4. The Kier molecular flexibility index (Phi) is 5.31. The number of imidazole rings is 1. The number of nitrogens with zero attached hydrogens (tertiary/aromatic N) is 3. The fourth-order valence-corrected chi connectivity index (χ4v) is 3.76. The van der Waals surface area contributed by atoms with Crippen LogP contribution >= 0.6 is 11.8 Å². The molecular weight excluding hydrogens is 378 g/mol. The van der Waals surface area contributed by atoms with E-state index in [0.29, 0.717) is 19.8 Å². The van der Waals surface area contributed by atoms with E-state index in [1.54, 1.807) is 16.3 Å². The first-order valence-electron chi connectivity index (χ1n) is 8.82. The molecule has 2 heterocycles. The van der Waals surface area contributed by atoms with E-state index in [1.807, 2.05) is 12.1 Å². The maximum atomic E-state index is 10.8. The molecule has 0 unspecified atom stereocenters. The van der Waals surface area contributed by atoms with Crippen LogP contribution in [0.5, 0.6) is 6.01 Å². The number of fused-ring (bicyclic) bond motifs is 1. The van der Waals surface area contributed by atoms with Crippen molar-refractivity contribution in [1.82, 2.24) is 9.55 Å². The maximum absolute atomic E-state index is 10.8. The van der Waals surface area contributed by atoms with Crippen molar-refractivity contribution < 1.29 is 14.4 Å². The molecule has 0 saturated carbocycles. The van der Waals surface area contributed by atoms with E-state index in [9.17, 15) is 10.1 Å². The van der Waals surface area contributed by atoms with Gasteiger partial charge in [-0.15, -0.1) is 11.8 Å². The highest BCUT2D eigenvalue weighted by molar-refractivity contribution is 7.98. The maximum Gasteiger partial charge on any atom is 0.414 e. The summed E-state index contributed by atoms with van der Waals surface area (Å²) in [5, 5.41) is 10.8. The van der Waals surface area contributed by atoms with E-state index in [0.717, 1.165) is 5.56 Å². The first-order chi connectivity index (χ1) is 13.6. The first-order valence-corrected chi connectivity index (χ1v) is 10.0. The number of aromatic nitrogens is 2. The lowest BCUT2D eigenvalue weighted by Gasteiger charge is -2.22. The van der Waals surface area contributed by atoms with Crippen LogP contribution in [-0.4, -0.2) is 33.4 Å². The molecule has 8 heteroatoms. The van der Waals surface area contributed by atoms with Crippen molar-refractivity contribution in [2.24, 2.45) is 0 Å². The molecule has 0 bridgehead atoms. The van der Waals surface area contributed by atoms with Crippen LogP contribution in [-0.2, 0) is 17.9 Å². The Morgan fingerprint density at radius 3 is 2.82 bits per heavy atom. The Labute approximate surface area is 166 Å². The van der Waals surface area contributed by atoms with Crippen molar-refractivity contribution in [2.45, 2.75) is 24.2 Å². The van der Waals surface area contributed by atoms with Gasteiger partial charge in [-0.2, -0.15) is 0 Å². The predicted octanol–water partition coefficient (Wildman–Crippen LogP) is 4.16. The topological polar surface area (TPSA) is 79.4 Å². The van der Waals surface area contributed by atoms with Crippen LogP contribution in [0.15, 0.2) is 59.6 Å². The fraction of sp³-hybridized carbons (Fsp3) is 0.250. The molecule has 3 aromatic rings. The Morgan fingerprint density at radius 2 is 2.07 bits per heavy atom. The van der Waals surface area contributed by atoms with Gasteiger partial charge in [0.05, 0.1) is 13.2 Å². The summed E-state index contributed by atoms with van der Waals surface area (Å²) in [6.07, 6.45) is 3.27. The lowest BCUT2D eigenvalue weighted by Crippen LogP contribution is -2.32. The number of benzene rings is 2. The standard InChI is InChI=1S/C20H19N3O4S/c1-28-18-5-3-2-4-17(18)15-8-6-14(7-9-15)12-26-16-10-22-11-19(23(24)25)21-20(22)27-13-16/h2-9,11,16H,10,12-13H2,1H3/t16-/m0/s1. The molecule has 1 aliphatic heterocycles. The molecule has 144 valence electrons. The largest absolute Gasteiger partial charge is 0.443 e. The Balaban J connectivity index is 1.38. The first kappa shape index (κ1) is 18.5. The van der Waals surface area contributed by atoms with Crippen LogP contribution in [0.25, 0.3) is 11.1 Å². The molecular formula is C20H19N3O4S. The molecule has 0 spiro atoms. The minimum atomic E-state index is -0.526. The molecule has 4 rings (SSSR count). The Hall–Kier alpha value is -2.84. The summed E-state index contributed by atoms with van der Waals surface area (Å²) >= 11 is 1.73. The van der Waals surface area contributed by atoms with Crippen molar-refractivity contribution in [2.75, 3.05) is 12.9 Å². The zero-order valence-corrected chi connectivity index (χ0v) is 16.1. The highest BCUT2D eigenvalue weighted by atomic mass is 32.2. The van der Waals surface area contributed by atoms with Gasteiger partial charge in [-0.25, -0.2) is 0 Å². The van der Waals surface area contributed by atoms with Gasteiger partial charge in [-0.3, -0.25) is 4.57 Å². The molecule has 1 aromatic heterocycles. The molecule has 0 N–H and O–H groups in total. The molecule has 0 aliphatic carbocycles. The highest BCUT2D eigenvalue weighted by Crippen LogP contribution is 2.30. The normalized spacial score (nSPS) is 15.7. The zero-order chi connectivity index (χ0) is 19.5. The second-order valence-electron chi connectivity index (χ2n) is 6.43. The van der Waals surface area contributed by atoms with E-state index >= 15 is 0 Å². The van der Waals surface area contributed by atoms with Crippen molar-refractivity contribution in [3.63, 3.8) is 0 Å². The van der Waals surface area contributed by atoms with Gasteiger partial charge in [0.25, 0.3) is 0 Å². The van der Waals surface area contributed by atoms with Gasteiger partial charge in [0.1, 0.15) is 18.9 Å². The van der Waals surface area contributed by atoms with Gasteiger partial charge >= 0.3 is 11.8 Å². The molecule has 0 amide bonds. The Morgan fingerprint density at radius 1 is 1.29 bits per heavy atom. The van der Waals surface area contributed by atoms with Crippen molar-refractivity contribution >= 4 is 17.6 Å². The van der Waals surface area contributed by atoms with Gasteiger partial charge in [0.15, 0.2) is 0 Å². The second-order valence-corrected chi connectivity index (χ2v) is 7.28. The molecule has 0 fully saturated rings. The van der Waals surface area contributed by atoms with Gasteiger partial charge < -0.3 is 19.6 Å². The highest BCUT2D eigenvalue weighted by Gasteiger charge is 2.28. The number of ether oxygens (including phenoxy) is 2. The summed E-state index contributed by atoms with van der Waals surface area (Å²) in [5.41, 5.74) is 3.45. The lowest BCUT2D eigenvalue weighted by molar-refractivity contribution is -0.389. The molecule has 2 aromatic carbocycles. The number of hydrogen-bond donors (Lipinski definition) is 0. The summed E-state index contributed by atoms with van der Waals surface area (Å²) in [5.74, 6) is -0.211. The SMILES string of the molecule is CSc1ccccc1-c1ccc(CO[C@@H]2COc3nc([N+](=O)[O-])cn3C2)cc1. The van der Waals surface area contributed by atoms with E-state index in [4.69, 9.17) is 9.47 Å². The van der Waals surface area contributed by atoms with E-state index < -0.39 is 4.92 Å². The summed E-state index contributed by atoms with van der Waals surface area (Å²) < 4.78 is 13.0. The number of thioether (sulfide) groups is 1. The second kappa shape index (κ2) is 8.04. The third-order valence-electron chi connectivity index (χ3n) is 4.57. The van der Waals surface area contributed by atoms with Gasteiger partial charge in [-0.1, -0.05) is 42.5 Å². The van der Waals surface area contributed by atoms with Gasteiger partial charge in [0.2, 0.25) is 0 Å². The fourth-order valence-electron chi connectivity index (χ4n) is 3.14. The molecule has 1 atom stereocenters. The van der Waals surface area contributed by atoms with Crippen LogP contribution in [0.3, 0.4) is 0 Å². The smallest absolute Gasteiger partial charge is 0.414 e. The number of hydrogen-bond acceptors (Lipinski definition) is 6. The van der Waals surface area contributed by atoms with Gasteiger partial charge in [-0.05, 0) is 33.9 Å². The van der Waals surface area contributed by atoms with Crippen molar-refractivity contribution in [1.29, 1.82) is 0 Å². The van der Waals surface area contributed by atoms with Crippen LogP contribution in [0, 0.1) is 10.1 Å². The van der Waals surface area contributed by atoms with E-state index in [-0.39, 0.29) is 17.9 Å². The predicted molar refractivity (Wildman–Crippen MR) is 107 cm³/mol. The minimum absolute atomic E-state index is 0.182. The van der Waals surface area contributed by atoms with Crippen LogP contribution in [0.2, 0.25) is 0 Å². The number of nitro groups is 1. The summed E-state index contributed by atoms with van der Waals surface area (Å²) in [6, 6.07) is 16.9. The van der Waals surface area contributed by atoms with Crippen LogP contribution in [0.1, 0.15) is 5.56 Å². The molecule has 0 radical (unpaired) electrons. The average molecular weight is 397 g/mol. The third kappa shape index (κ3) is 3.88. The zero-order valence-electron chi connectivity index (χ0n) is 15.3. The van der Waals surface area contributed by atoms with Crippen molar-refractivity contribution in [3.8, 4) is 17.1 Å². The van der Waals surface area contributed by atoms with Crippen molar-refractivity contribution in [3.05, 3.63) is 70.4 Å². The Bertz CT molecular complexity index is 987. The molecule has 7 nitrogen and oxygen atoms in total. The average Bonchev–Trinajstić information content (AvgIpc) is 3.16. The van der Waals surface area contributed by atoms with E-state index in [2.05, 4.69) is 47.6 Å². The third-order valence-corrected chi connectivity index (χ3v) is 5.37. The van der Waals surface area contributed by atoms with E-state index in [1.165, 1.54) is 22.2 Å².